The molecule has 0 saturated carbocycles. The first-order valence-electron chi connectivity index (χ1n) is 6.66. The molecule has 0 radical (unpaired) electrons. The van der Waals surface area contributed by atoms with E-state index in [1.54, 1.807) is 6.92 Å². The minimum absolute atomic E-state index is 0.238. The van der Waals surface area contributed by atoms with Crippen molar-refractivity contribution in [3.63, 3.8) is 0 Å². The van der Waals surface area contributed by atoms with E-state index in [9.17, 15) is 24.0 Å². The average molecular weight is 319 g/mol. The smallest absolute Gasteiger partial charge is 0.338 e. The molecule has 9 nitrogen and oxygen atoms in total. The number of nitrogens with one attached hydrogen (secondary N) is 3. The third-order valence-electron chi connectivity index (χ3n) is 2.92. The van der Waals surface area contributed by atoms with E-state index in [1.807, 2.05) is 10.6 Å². The molecule has 0 spiro atoms. The Balaban J connectivity index is 2.05. The number of hydrogen-bond acceptors (Lipinski definition) is 6. The van der Waals surface area contributed by atoms with E-state index >= 15 is 0 Å². The number of amides is 5. The molecule has 1 fully saturated rings. The molecular weight excluding hydrogens is 306 g/mol. The minimum atomic E-state index is -1.67. The molecule has 1 aromatic carbocycles. The normalized spacial score (nSPS) is 14.7. The summed E-state index contributed by atoms with van der Waals surface area (Å²) >= 11 is 0. The first kappa shape index (κ1) is 16.1. The van der Waals surface area contributed by atoms with E-state index in [0.717, 1.165) is 0 Å². The van der Waals surface area contributed by atoms with Gasteiger partial charge in [-0.05, 0) is 31.2 Å². The fourth-order valence-corrected chi connectivity index (χ4v) is 1.88. The van der Waals surface area contributed by atoms with Crippen LogP contribution in [0.4, 0.5) is 10.5 Å². The molecule has 1 saturated heterocycles. The molecule has 2 rings (SSSR count). The highest BCUT2D eigenvalue weighted by atomic mass is 16.5. The molecule has 23 heavy (non-hydrogen) atoms. The Kier molecular flexibility index (Phi) is 4.69. The fraction of sp³-hybridized carbons (Fsp3) is 0.214. The largest absolute Gasteiger partial charge is 0.462 e. The molecule has 9 heteroatoms. The van der Waals surface area contributed by atoms with Crippen LogP contribution in [0.2, 0.25) is 0 Å². The number of anilines is 1. The summed E-state index contributed by atoms with van der Waals surface area (Å²) in [6.45, 7) is 1.92. The van der Waals surface area contributed by atoms with Gasteiger partial charge in [0.25, 0.3) is 0 Å². The quantitative estimate of drug-likeness (QED) is 0.519. The van der Waals surface area contributed by atoms with Gasteiger partial charge in [-0.3, -0.25) is 25.0 Å². The predicted molar refractivity (Wildman–Crippen MR) is 76.2 cm³/mol. The maximum Gasteiger partial charge on any atom is 0.338 e. The zero-order chi connectivity index (χ0) is 17.0. The summed E-state index contributed by atoms with van der Waals surface area (Å²) in [5.41, 5.74) is 0.573. The molecule has 1 heterocycles. The number of ether oxygens (including phenoxy) is 1. The maximum atomic E-state index is 12.0. The summed E-state index contributed by atoms with van der Waals surface area (Å²) in [6.07, 6.45) is 0. The van der Waals surface area contributed by atoms with Crippen LogP contribution in [0, 0.1) is 5.92 Å². The Morgan fingerprint density at radius 2 is 1.65 bits per heavy atom. The van der Waals surface area contributed by atoms with Gasteiger partial charge in [-0.25, -0.2) is 9.59 Å². The SMILES string of the molecule is CCOC(=O)c1ccc(NC(=O)C2C(=O)NC(=O)NC2=O)cc1. The van der Waals surface area contributed by atoms with Crippen LogP contribution >= 0.6 is 0 Å². The van der Waals surface area contributed by atoms with Gasteiger partial charge in [-0.15, -0.1) is 0 Å². The number of esters is 1. The molecule has 0 unspecified atom stereocenters. The van der Waals surface area contributed by atoms with Crippen LogP contribution in [0.25, 0.3) is 0 Å². The molecular formula is C14H13N3O6. The fourth-order valence-electron chi connectivity index (χ4n) is 1.88. The van der Waals surface area contributed by atoms with Crippen molar-refractivity contribution >= 4 is 35.4 Å². The second-order valence-electron chi connectivity index (χ2n) is 4.53. The second-order valence-corrected chi connectivity index (χ2v) is 4.53. The van der Waals surface area contributed by atoms with E-state index in [4.69, 9.17) is 4.74 Å². The summed E-state index contributed by atoms with van der Waals surface area (Å²) in [5.74, 6) is -5.07. The first-order valence-corrected chi connectivity index (χ1v) is 6.66. The summed E-state index contributed by atoms with van der Waals surface area (Å²) < 4.78 is 4.82. The van der Waals surface area contributed by atoms with Gasteiger partial charge in [0.2, 0.25) is 17.7 Å². The van der Waals surface area contributed by atoms with Crippen molar-refractivity contribution < 1.29 is 28.7 Å². The van der Waals surface area contributed by atoms with Crippen molar-refractivity contribution in [2.75, 3.05) is 11.9 Å². The Bertz CT molecular complexity index is 662. The number of carbonyl (C=O) groups is 5. The number of rotatable bonds is 4. The van der Waals surface area contributed by atoms with Gasteiger partial charge in [0, 0.05) is 5.69 Å². The lowest BCUT2D eigenvalue weighted by Crippen LogP contribution is -2.58. The highest BCUT2D eigenvalue weighted by molar-refractivity contribution is 6.28. The van der Waals surface area contributed by atoms with E-state index in [-0.39, 0.29) is 12.3 Å². The van der Waals surface area contributed by atoms with Gasteiger partial charge in [0.15, 0.2) is 5.92 Å². The van der Waals surface area contributed by atoms with Crippen LogP contribution in [0.1, 0.15) is 17.3 Å². The second kappa shape index (κ2) is 6.69. The van der Waals surface area contributed by atoms with Gasteiger partial charge in [0.05, 0.1) is 12.2 Å². The third-order valence-corrected chi connectivity index (χ3v) is 2.92. The Morgan fingerprint density at radius 1 is 1.09 bits per heavy atom. The number of urea groups is 1. The van der Waals surface area contributed by atoms with Crippen molar-refractivity contribution in [1.82, 2.24) is 10.6 Å². The Hall–Kier alpha value is -3.23. The van der Waals surface area contributed by atoms with Crippen molar-refractivity contribution in [2.45, 2.75) is 6.92 Å². The zero-order valence-corrected chi connectivity index (χ0v) is 12.0. The lowest BCUT2D eigenvalue weighted by molar-refractivity contribution is -0.141. The van der Waals surface area contributed by atoms with Crippen LogP contribution in [0.5, 0.6) is 0 Å². The van der Waals surface area contributed by atoms with Crippen molar-refractivity contribution in [3.8, 4) is 0 Å². The van der Waals surface area contributed by atoms with Gasteiger partial charge < -0.3 is 10.1 Å². The molecule has 0 atom stereocenters. The molecule has 5 amide bonds. The summed E-state index contributed by atoms with van der Waals surface area (Å²) in [4.78, 5) is 57.5. The van der Waals surface area contributed by atoms with Crippen LogP contribution in [-0.4, -0.2) is 36.3 Å². The number of benzene rings is 1. The van der Waals surface area contributed by atoms with Crippen LogP contribution in [-0.2, 0) is 19.1 Å². The summed E-state index contributed by atoms with van der Waals surface area (Å²) in [5, 5.41) is 6.03. The lowest BCUT2D eigenvalue weighted by atomic mass is 10.1. The predicted octanol–water partition coefficient (Wildman–Crippen LogP) is -0.216. The van der Waals surface area contributed by atoms with Crippen molar-refractivity contribution in [1.29, 1.82) is 0 Å². The maximum absolute atomic E-state index is 12.0. The lowest BCUT2D eigenvalue weighted by Gasteiger charge is -2.19. The molecule has 0 aliphatic carbocycles. The Morgan fingerprint density at radius 3 is 2.17 bits per heavy atom. The third kappa shape index (κ3) is 3.70. The molecule has 1 aliphatic rings. The number of imide groups is 2. The molecule has 3 N–H and O–H groups in total. The van der Waals surface area contributed by atoms with Crippen molar-refractivity contribution in [3.05, 3.63) is 29.8 Å². The van der Waals surface area contributed by atoms with Crippen LogP contribution in [0.15, 0.2) is 24.3 Å². The Labute approximate surface area is 130 Å². The minimum Gasteiger partial charge on any atom is -0.462 e. The number of hydrogen-bond donors (Lipinski definition) is 3. The number of carbonyl (C=O) groups excluding carboxylic acids is 5. The number of barbiturate groups is 1. The van der Waals surface area contributed by atoms with Gasteiger partial charge in [0.1, 0.15) is 0 Å². The van der Waals surface area contributed by atoms with E-state index in [2.05, 4.69) is 5.32 Å². The average Bonchev–Trinajstić information content (AvgIpc) is 2.47. The molecule has 1 aliphatic heterocycles. The highest BCUT2D eigenvalue weighted by Crippen LogP contribution is 2.13. The summed E-state index contributed by atoms with van der Waals surface area (Å²) in [7, 11) is 0. The monoisotopic (exact) mass is 319 g/mol. The zero-order valence-electron chi connectivity index (χ0n) is 12.0. The van der Waals surface area contributed by atoms with Gasteiger partial charge >= 0.3 is 12.0 Å². The van der Waals surface area contributed by atoms with Crippen molar-refractivity contribution in [2.24, 2.45) is 5.92 Å². The molecule has 1 aromatic rings. The van der Waals surface area contributed by atoms with Crippen LogP contribution in [0.3, 0.4) is 0 Å². The van der Waals surface area contributed by atoms with Gasteiger partial charge in [-0.1, -0.05) is 0 Å². The molecule has 0 bridgehead atoms. The molecule has 120 valence electrons. The first-order chi connectivity index (χ1) is 10.9. The van der Waals surface area contributed by atoms with Gasteiger partial charge in [-0.2, -0.15) is 0 Å². The van der Waals surface area contributed by atoms with E-state index in [0.29, 0.717) is 5.56 Å². The highest BCUT2D eigenvalue weighted by Gasteiger charge is 2.39. The standard InChI is InChI=1S/C14H13N3O6/c1-2-23-13(21)7-3-5-8(6-4-7)15-10(18)9-11(19)16-14(22)17-12(9)20/h3-6,9H,2H2,1H3,(H,15,18)(H2,16,17,19,20,22). The van der Waals surface area contributed by atoms with Crippen LogP contribution < -0.4 is 16.0 Å². The topological polar surface area (TPSA) is 131 Å². The molecule has 0 aromatic heterocycles. The van der Waals surface area contributed by atoms with E-state index < -0.39 is 35.6 Å². The summed E-state index contributed by atoms with van der Waals surface area (Å²) in [6, 6.07) is 4.74. The van der Waals surface area contributed by atoms with E-state index in [1.165, 1.54) is 24.3 Å².